The van der Waals surface area contributed by atoms with E-state index < -0.39 is 6.10 Å². The lowest BCUT2D eigenvalue weighted by Gasteiger charge is -2.18. The first kappa shape index (κ1) is 19.1. The molecule has 0 bridgehead atoms. The highest BCUT2D eigenvalue weighted by molar-refractivity contribution is 7.18. The third-order valence-corrected chi connectivity index (χ3v) is 4.89. The van der Waals surface area contributed by atoms with Gasteiger partial charge in [0.2, 0.25) is 5.13 Å². The number of nitrogens with one attached hydrogen (secondary N) is 1. The van der Waals surface area contributed by atoms with Crippen LogP contribution in [0.5, 0.6) is 11.5 Å². The SMILES string of the molecule is CC[C@@H](Oc1ccccc1OC)C(=O)Nc1nnc(-c2ccc(Cl)cc2)s1. The molecule has 0 saturated heterocycles. The molecule has 8 heteroatoms. The summed E-state index contributed by atoms with van der Waals surface area (Å²) in [5, 5.41) is 12.7. The zero-order chi connectivity index (χ0) is 19.2. The second-order valence-electron chi connectivity index (χ2n) is 5.57. The van der Waals surface area contributed by atoms with Gasteiger partial charge < -0.3 is 9.47 Å². The molecule has 1 heterocycles. The lowest BCUT2D eigenvalue weighted by Crippen LogP contribution is -2.32. The second kappa shape index (κ2) is 8.83. The van der Waals surface area contributed by atoms with Crippen LogP contribution in [-0.2, 0) is 4.79 Å². The number of carbonyl (C=O) groups excluding carboxylic acids is 1. The van der Waals surface area contributed by atoms with E-state index in [1.165, 1.54) is 11.3 Å². The Kier molecular flexibility index (Phi) is 6.26. The van der Waals surface area contributed by atoms with E-state index in [0.29, 0.717) is 33.1 Å². The number of methoxy groups -OCH3 is 1. The summed E-state index contributed by atoms with van der Waals surface area (Å²) in [6.45, 7) is 1.87. The first-order valence-electron chi connectivity index (χ1n) is 8.30. The van der Waals surface area contributed by atoms with Crippen LogP contribution in [0.25, 0.3) is 10.6 Å². The third kappa shape index (κ3) is 4.75. The largest absolute Gasteiger partial charge is 0.493 e. The fraction of sp³-hybridized carbons (Fsp3) is 0.211. The summed E-state index contributed by atoms with van der Waals surface area (Å²) in [7, 11) is 1.56. The zero-order valence-electron chi connectivity index (χ0n) is 14.8. The number of para-hydroxylation sites is 2. The van der Waals surface area contributed by atoms with E-state index in [0.717, 1.165) is 5.56 Å². The molecule has 0 spiro atoms. The number of carbonyl (C=O) groups is 1. The Bertz CT molecular complexity index is 915. The minimum absolute atomic E-state index is 0.290. The van der Waals surface area contributed by atoms with Crippen molar-refractivity contribution in [3.63, 3.8) is 0 Å². The van der Waals surface area contributed by atoms with Crippen molar-refractivity contribution in [2.75, 3.05) is 12.4 Å². The van der Waals surface area contributed by atoms with Gasteiger partial charge in [-0.05, 0) is 30.7 Å². The third-order valence-electron chi connectivity index (χ3n) is 3.75. The maximum Gasteiger partial charge on any atom is 0.267 e. The van der Waals surface area contributed by atoms with Crippen molar-refractivity contribution in [3.05, 3.63) is 53.6 Å². The van der Waals surface area contributed by atoms with E-state index in [-0.39, 0.29) is 5.91 Å². The molecular weight excluding hydrogens is 386 g/mol. The second-order valence-corrected chi connectivity index (χ2v) is 6.99. The molecule has 27 heavy (non-hydrogen) atoms. The van der Waals surface area contributed by atoms with Crippen molar-refractivity contribution in [3.8, 4) is 22.1 Å². The monoisotopic (exact) mass is 403 g/mol. The summed E-state index contributed by atoms with van der Waals surface area (Å²) in [5.41, 5.74) is 0.884. The van der Waals surface area contributed by atoms with Crippen LogP contribution in [0.3, 0.4) is 0 Å². The van der Waals surface area contributed by atoms with E-state index in [2.05, 4.69) is 15.5 Å². The number of benzene rings is 2. The van der Waals surface area contributed by atoms with Gasteiger partial charge in [-0.2, -0.15) is 0 Å². The molecule has 0 saturated carbocycles. The first-order valence-corrected chi connectivity index (χ1v) is 9.50. The molecule has 2 aromatic carbocycles. The topological polar surface area (TPSA) is 73.3 Å². The number of ether oxygens (including phenoxy) is 2. The molecule has 1 N–H and O–H groups in total. The van der Waals surface area contributed by atoms with Gasteiger partial charge in [0.15, 0.2) is 17.6 Å². The van der Waals surface area contributed by atoms with E-state index in [1.54, 1.807) is 31.4 Å². The standard InChI is InChI=1S/C19H18ClN3O3S/c1-3-14(26-16-7-5-4-6-15(16)25-2)17(24)21-19-23-22-18(27-19)12-8-10-13(20)11-9-12/h4-11,14H,3H2,1-2H3,(H,21,23,24)/t14-/m1/s1. The molecule has 0 radical (unpaired) electrons. The molecule has 0 aliphatic rings. The minimum atomic E-state index is -0.677. The van der Waals surface area contributed by atoms with E-state index in [4.69, 9.17) is 21.1 Å². The lowest BCUT2D eigenvalue weighted by atomic mass is 10.2. The van der Waals surface area contributed by atoms with Gasteiger partial charge in [0.25, 0.3) is 5.91 Å². The van der Waals surface area contributed by atoms with Crippen molar-refractivity contribution in [2.45, 2.75) is 19.4 Å². The number of nitrogens with zero attached hydrogens (tertiary/aromatic N) is 2. The van der Waals surface area contributed by atoms with Crippen molar-refractivity contribution in [1.82, 2.24) is 10.2 Å². The average molecular weight is 404 g/mol. The van der Waals surface area contributed by atoms with Gasteiger partial charge in [-0.25, -0.2) is 0 Å². The highest BCUT2D eigenvalue weighted by atomic mass is 35.5. The Balaban J connectivity index is 1.69. The molecule has 1 aromatic heterocycles. The summed E-state index contributed by atoms with van der Waals surface area (Å²) in [5.74, 6) is 0.799. The van der Waals surface area contributed by atoms with Crippen LogP contribution in [0.4, 0.5) is 5.13 Å². The summed E-state index contributed by atoms with van der Waals surface area (Å²) < 4.78 is 11.1. The van der Waals surface area contributed by atoms with Crippen LogP contribution in [0, 0.1) is 0 Å². The Morgan fingerprint density at radius 2 is 1.85 bits per heavy atom. The van der Waals surface area contributed by atoms with Crippen LogP contribution in [-0.4, -0.2) is 29.3 Å². The lowest BCUT2D eigenvalue weighted by molar-refractivity contribution is -0.122. The molecule has 0 unspecified atom stereocenters. The van der Waals surface area contributed by atoms with E-state index >= 15 is 0 Å². The Morgan fingerprint density at radius 1 is 1.15 bits per heavy atom. The van der Waals surface area contributed by atoms with Gasteiger partial charge in [-0.1, -0.05) is 54.1 Å². The number of hydrogen-bond acceptors (Lipinski definition) is 6. The van der Waals surface area contributed by atoms with Crippen LogP contribution >= 0.6 is 22.9 Å². The van der Waals surface area contributed by atoms with Gasteiger partial charge in [0.05, 0.1) is 7.11 Å². The maximum atomic E-state index is 12.6. The molecule has 140 valence electrons. The predicted molar refractivity (Wildman–Crippen MR) is 107 cm³/mol. The Labute approximate surface area is 166 Å². The van der Waals surface area contributed by atoms with Crippen molar-refractivity contribution in [1.29, 1.82) is 0 Å². The highest BCUT2D eigenvalue weighted by Crippen LogP contribution is 2.29. The molecule has 0 aliphatic heterocycles. The van der Waals surface area contributed by atoms with Gasteiger partial charge in [-0.15, -0.1) is 10.2 Å². The van der Waals surface area contributed by atoms with Crippen LogP contribution in [0.2, 0.25) is 5.02 Å². The number of aromatic nitrogens is 2. The van der Waals surface area contributed by atoms with Gasteiger partial charge in [0, 0.05) is 10.6 Å². The Hall–Kier alpha value is -2.64. The summed E-state index contributed by atoms with van der Waals surface area (Å²) in [6.07, 6.45) is -0.184. The molecule has 3 rings (SSSR count). The van der Waals surface area contributed by atoms with Gasteiger partial charge >= 0.3 is 0 Å². The molecule has 1 amide bonds. The number of hydrogen-bond donors (Lipinski definition) is 1. The summed E-state index contributed by atoms with van der Waals surface area (Å²) in [6, 6.07) is 14.5. The van der Waals surface area contributed by atoms with Gasteiger partial charge in [0.1, 0.15) is 5.01 Å². The first-order chi connectivity index (χ1) is 13.1. The molecule has 1 atom stereocenters. The molecule has 3 aromatic rings. The van der Waals surface area contributed by atoms with Crippen LogP contribution in [0.15, 0.2) is 48.5 Å². The summed E-state index contributed by atoms with van der Waals surface area (Å²) in [4.78, 5) is 12.6. The molecular formula is C19H18ClN3O3S. The van der Waals surface area contributed by atoms with E-state index in [9.17, 15) is 4.79 Å². The molecule has 0 fully saturated rings. The van der Waals surface area contributed by atoms with E-state index in [1.807, 2.05) is 31.2 Å². The fourth-order valence-corrected chi connectivity index (χ4v) is 3.24. The maximum absolute atomic E-state index is 12.6. The fourth-order valence-electron chi connectivity index (χ4n) is 2.36. The Morgan fingerprint density at radius 3 is 2.52 bits per heavy atom. The number of rotatable bonds is 7. The smallest absolute Gasteiger partial charge is 0.267 e. The summed E-state index contributed by atoms with van der Waals surface area (Å²) >= 11 is 7.18. The van der Waals surface area contributed by atoms with Crippen molar-refractivity contribution >= 4 is 34.0 Å². The quantitative estimate of drug-likeness (QED) is 0.620. The van der Waals surface area contributed by atoms with Crippen molar-refractivity contribution in [2.24, 2.45) is 0 Å². The molecule has 0 aliphatic carbocycles. The average Bonchev–Trinajstić information content (AvgIpc) is 3.15. The normalized spacial score (nSPS) is 11.7. The predicted octanol–water partition coefficient (Wildman–Crippen LogP) is 4.66. The number of anilines is 1. The van der Waals surface area contributed by atoms with Crippen LogP contribution < -0.4 is 14.8 Å². The van der Waals surface area contributed by atoms with Gasteiger partial charge in [-0.3, -0.25) is 10.1 Å². The number of halogens is 1. The zero-order valence-corrected chi connectivity index (χ0v) is 16.4. The number of amides is 1. The van der Waals surface area contributed by atoms with Crippen LogP contribution in [0.1, 0.15) is 13.3 Å². The molecule has 6 nitrogen and oxygen atoms in total. The van der Waals surface area contributed by atoms with Crippen molar-refractivity contribution < 1.29 is 14.3 Å². The highest BCUT2D eigenvalue weighted by Gasteiger charge is 2.21. The minimum Gasteiger partial charge on any atom is -0.493 e.